The van der Waals surface area contributed by atoms with Crippen LogP contribution in [0.4, 0.5) is 10.1 Å². The minimum atomic E-state index is -0.480. The van der Waals surface area contributed by atoms with Gasteiger partial charge in [-0.25, -0.2) is 4.39 Å². The molecule has 0 aliphatic heterocycles. The molecule has 30 heavy (non-hydrogen) atoms. The Morgan fingerprint density at radius 3 is 2.63 bits per heavy atom. The molecule has 8 heteroatoms. The summed E-state index contributed by atoms with van der Waals surface area (Å²) in [6.45, 7) is 4.40. The molecule has 3 rings (SSSR count). The lowest BCUT2D eigenvalue weighted by atomic mass is 10.1. The maximum Gasteiger partial charge on any atom is 0.258 e. The number of halogens is 2. The van der Waals surface area contributed by atoms with Crippen LogP contribution in [-0.2, 0) is 13.5 Å². The highest BCUT2D eigenvalue weighted by Gasteiger charge is 2.12. The fourth-order valence-corrected chi connectivity index (χ4v) is 3.27. The molecule has 0 fully saturated rings. The Bertz CT molecular complexity index is 1090. The standard InChI is InChI=1S/C22H23ClFN5O/c1-14-20(15(2)29(3)28-14)10-11-25-22(26-19-9-5-7-17(23)13-19)27-21(30)16-6-4-8-18(24)12-16/h4-9,12-13H,10-11H2,1-3H3,(H2,25,26,27,30). The number of anilines is 1. The second-order valence-electron chi connectivity index (χ2n) is 6.85. The molecule has 1 amide bonds. The summed E-state index contributed by atoms with van der Waals surface area (Å²) in [7, 11) is 1.90. The smallest absolute Gasteiger partial charge is 0.258 e. The van der Waals surface area contributed by atoms with Crippen molar-refractivity contribution >= 4 is 29.2 Å². The fraction of sp³-hybridized carbons (Fsp3) is 0.227. The molecule has 0 atom stereocenters. The first-order valence-electron chi connectivity index (χ1n) is 9.46. The van der Waals surface area contributed by atoms with Crippen molar-refractivity contribution < 1.29 is 9.18 Å². The molecule has 3 aromatic rings. The van der Waals surface area contributed by atoms with Crippen LogP contribution < -0.4 is 10.6 Å². The van der Waals surface area contributed by atoms with Crippen molar-refractivity contribution in [3.8, 4) is 0 Å². The normalized spacial score (nSPS) is 11.4. The van der Waals surface area contributed by atoms with Gasteiger partial charge in [-0.2, -0.15) is 5.10 Å². The number of aryl methyl sites for hydroxylation is 2. The third-order valence-electron chi connectivity index (χ3n) is 4.70. The van der Waals surface area contributed by atoms with Crippen molar-refractivity contribution in [3.63, 3.8) is 0 Å². The van der Waals surface area contributed by atoms with Gasteiger partial charge in [0, 0.05) is 35.6 Å². The number of nitrogens with one attached hydrogen (secondary N) is 2. The van der Waals surface area contributed by atoms with Gasteiger partial charge in [0.25, 0.3) is 5.91 Å². The second-order valence-corrected chi connectivity index (χ2v) is 7.29. The van der Waals surface area contributed by atoms with Crippen LogP contribution in [0.15, 0.2) is 53.5 Å². The third kappa shape index (κ3) is 5.45. The molecule has 0 aliphatic carbocycles. The van der Waals surface area contributed by atoms with Crippen molar-refractivity contribution in [1.82, 2.24) is 15.1 Å². The zero-order chi connectivity index (χ0) is 21.7. The first kappa shape index (κ1) is 21.5. The number of hydrogen-bond acceptors (Lipinski definition) is 3. The number of aliphatic imine (C=N–C) groups is 1. The van der Waals surface area contributed by atoms with E-state index in [1.807, 2.05) is 31.6 Å². The van der Waals surface area contributed by atoms with Crippen LogP contribution in [0.1, 0.15) is 27.3 Å². The summed E-state index contributed by atoms with van der Waals surface area (Å²) in [6.07, 6.45) is 0.669. The Hall–Kier alpha value is -3.19. The molecule has 0 saturated heterocycles. The van der Waals surface area contributed by atoms with Crippen LogP contribution in [0.5, 0.6) is 0 Å². The van der Waals surface area contributed by atoms with Gasteiger partial charge < -0.3 is 5.32 Å². The van der Waals surface area contributed by atoms with Crippen LogP contribution >= 0.6 is 11.6 Å². The van der Waals surface area contributed by atoms with E-state index < -0.39 is 11.7 Å². The maximum absolute atomic E-state index is 13.5. The predicted octanol–water partition coefficient (Wildman–Crippen LogP) is 4.27. The van der Waals surface area contributed by atoms with Crippen molar-refractivity contribution in [2.75, 3.05) is 11.9 Å². The Morgan fingerprint density at radius 1 is 1.20 bits per heavy atom. The number of aromatic nitrogens is 2. The summed E-state index contributed by atoms with van der Waals surface area (Å²) < 4.78 is 15.3. The lowest BCUT2D eigenvalue weighted by Gasteiger charge is -2.12. The van der Waals surface area contributed by atoms with E-state index in [2.05, 4.69) is 20.7 Å². The molecule has 156 valence electrons. The van der Waals surface area contributed by atoms with Crippen molar-refractivity contribution in [3.05, 3.63) is 81.9 Å². The van der Waals surface area contributed by atoms with Crippen LogP contribution in [0.2, 0.25) is 5.02 Å². The minimum Gasteiger partial charge on any atom is -0.326 e. The van der Waals surface area contributed by atoms with Crippen molar-refractivity contribution in [2.45, 2.75) is 20.3 Å². The number of carbonyl (C=O) groups excluding carboxylic acids is 1. The Labute approximate surface area is 179 Å². The molecule has 6 nitrogen and oxygen atoms in total. The van der Waals surface area contributed by atoms with Crippen LogP contribution in [0, 0.1) is 19.7 Å². The molecule has 0 aliphatic rings. The zero-order valence-electron chi connectivity index (χ0n) is 17.0. The topological polar surface area (TPSA) is 71.3 Å². The maximum atomic E-state index is 13.5. The largest absolute Gasteiger partial charge is 0.326 e. The van der Waals surface area contributed by atoms with Crippen molar-refractivity contribution in [1.29, 1.82) is 0 Å². The van der Waals surface area contributed by atoms with Gasteiger partial charge in [-0.15, -0.1) is 0 Å². The van der Waals surface area contributed by atoms with Crippen LogP contribution in [0.3, 0.4) is 0 Å². The average molecular weight is 428 g/mol. The molecule has 1 aromatic heterocycles. The highest BCUT2D eigenvalue weighted by atomic mass is 35.5. The van der Waals surface area contributed by atoms with E-state index in [9.17, 15) is 9.18 Å². The van der Waals surface area contributed by atoms with E-state index in [-0.39, 0.29) is 11.5 Å². The summed E-state index contributed by atoms with van der Waals surface area (Å²) >= 11 is 6.05. The molecule has 2 aromatic carbocycles. The molecule has 0 spiro atoms. The number of hydrogen-bond donors (Lipinski definition) is 2. The van der Waals surface area contributed by atoms with E-state index in [4.69, 9.17) is 11.6 Å². The number of nitrogens with zero attached hydrogens (tertiary/aromatic N) is 3. The van der Waals surface area contributed by atoms with Gasteiger partial charge in [0.15, 0.2) is 0 Å². The van der Waals surface area contributed by atoms with Gasteiger partial charge in [-0.1, -0.05) is 23.7 Å². The van der Waals surface area contributed by atoms with E-state index in [1.54, 1.807) is 18.2 Å². The molecular formula is C22H23ClFN5O. The summed E-state index contributed by atoms with van der Waals surface area (Å²) in [6, 6.07) is 12.6. The molecule has 1 heterocycles. The summed E-state index contributed by atoms with van der Waals surface area (Å²) in [5.41, 5.74) is 4.04. The van der Waals surface area contributed by atoms with Gasteiger partial charge >= 0.3 is 0 Å². The number of carbonyl (C=O) groups is 1. The number of amides is 1. The number of benzene rings is 2. The molecule has 0 radical (unpaired) electrons. The predicted molar refractivity (Wildman–Crippen MR) is 118 cm³/mol. The molecule has 0 unspecified atom stereocenters. The molecular weight excluding hydrogens is 405 g/mol. The fourth-order valence-electron chi connectivity index (χ4n) is 3.08. The third-order valence-corrected chi connectivity index (χ3v) is 4.93. The summed E-state index contributed by atoms with van der Waals surface area (Å²) in [4.78, 5) is 17.1. The lowest BCUT2D eigenvalue weighted by Crippen LogP contribution is -2.36. The lowest BCUT2D eigenvalue weighted by molar-refractivity contribution is 0.0976. The Morgan fingerprint density at radius 2 is 1.97 bits per heavy atom. The average Bonchev–Trinajstić information content (AvgIpc) is 2.94. The van der Waals surface area contributed by atoms with Gasteiger partial charge in [-0.05, 0) is 62.2 Å². The van der Waals surface area contributed by atoms with Crippen LogP contribution in [-0.4, -0.2) is 28.2 Å². The molecule has 2 N–H and O–H groups in total. The Kier molecular flexibility index (Phi) is 6.84. The highest BCUT2D eigenvalue weighted by molar-refractivity contribution is 6.31. The van der Waals surface area contributed by atoms with E-state index in [1.165, 1.54) is 24.3 Å². The SMILES string of the molecule is Cc1nn(C)c(C)c1CCN=C(NC(=O)c1cccc(F)c1)Nc1cccc(Cl)c1. The van der Waals surface area contributed by atoms with E-state index in [0.717, 1.165) is 17.0 Å². The van der Waals surface area contributed by atoms with E-state index >= 15 is 0 Å². The quantitative estimate of drug-likeness (QED) is 0.472. The minimum absolute atomic E-state index is 0.203. The number of guanidine groups is 1. The first-order chi connectivity index (χ1) is 14.3. The monoisotopic (exact) mass is 427 g/mol. The van der Waals surface area contributed by atoms with Crippen molar-refractivity contribution in [2.24, 2.45) is 12.0 Å². The zero-order valence-corrected chi connectivity index (χ0v) is 17.8. The Balaban J connectivity index is 1.79. The first-order valence-corrected chi connectivity index (χ1v) is 9.84. The molecule has 0 bridgehead atoms. The van der Waals surface area contributed by atoms with Gasteiger partial charge in [0.2, 0.25) is 5.96 Å². The molecule has 0 saturated carbocycles. The van der Waals surface area contributed by atoms with Gasteiger partial charge in [-0.3, -0.25) is 19.8 Å². The van der Waals surface area contributed by atoms with E-state index in [0.29, 0.717) is 23.7 Å². The summed E-state index contributed by atoms with van der Waals surface area (Å²) in [5, 5.41) is 10.8. The van der Waals surface area contributed by atoms with Gasteiger partial charge in [0.05, 0.1) is 5.69 Å². The van der Waals surface area contributed by atoms with Gasteiger partial charge in [0.1, 0.15) is 5.82 Å². The summed E-state index contributed by atoms with van der Waals surface area (Å²) in [5.74, 6) is -0.686. The number of rotatable bonds is 5. The second kappa shape index (κ2) is 9.54. The highest BCUT2D eigenvalue weighted by Crippen LogP contribution is 2.15. The van der Waals surface area contributed by atoms with Crippen LogP contribution in [0.25, 0.3) is 0 Å².